The SMILES string of the molecule is C#CCCN1C(C(=O)Nc2ccc(F)c(Cl)c2)=CC(CS/C=C\N=C)=NS1=O. The van der Waals surface area contributed by atoms with Gasteiger partial charge in [0.15, 0.2) is 0 Å². The molecule has 0 aromatic heterocycles. The lowest BCUT2D eigenvalue weighted by Gasteiger charge is -2.25. The Hall–Kier alpha value is -2.41. The molecule has 0 saturated carbocycles. The van der Waals surface area contributed by atoms with E-state index in [0.29, 0.717) is 17.2 Å². The van der Waals surface area contributed by atoms with Crippen LogP contribution < -0.4 is 5.32 Å². The van der Waals surface area contributed by atoms with E-state index in [1.165, 1.54) is 34.4 Å². The number of thioether (sulfide) groups is 1. The molecule has 1 N–H and O–H groups in total. The molecule has 1 aliphatic heterocycles. The van der Waals surface area contributed by atoms with Crippen molar-refractivity contribution < 1.29 is 13.4 Å². The van der Waals surface area contributed by atoms with Crippen LogP contribution in [0.1, 0.15) is 6.42 Å². The molecule has 0 bridgehead atoms. The number of aliphatic imine (C=N–C) groups is 1. The highest BCUT2D eigenvalue weighted by Crippen LogP contribution is 2.22. The second kappa shape index (κ2) is 10.8. The van der Waals surface area contributed by atoms with Gasteiger partial charge < -0.3 is 5.32 Å². The number of halogens is 2. The summed E-state index contributed by atoms with van der Waals surface area (Å²) in [4.78, 5) is 16.3. The lowest BCUT2D eigenvalue weighted by molar-refractivity contribution is -0.113. The molecule has 0 fully saturated rings. The topological polar surface area (TPSA) is 74.1 Å². The third kappa shape index (κ3) is 6.05. The summed E-state index contributed by atoms with van der Waals surface area (Å²) < 4.78 is 31.2. The highest BCUT2D eigenvalue weighted by atomic mass is 35.5. The normalized spacial score (nSPS) is 16.3. The van der Waals surface area contributed by atoms with Gasteiger partial charge in [-0.05, 0) is 36.4 Å². The fraction of sp³-hybridized carbons (Fsp3) is 0.167. The van der Waals surface area contributed by atoms with Crippen molar-refractivity contribution in [2.24, 2.45) is 9.39 Å². The number of benzene rings is 1. The third-order valence-electron chi connectivity index (χ3n) is 3.32. The van der Waals surface area contributed by atoms with Crippen LogP contribution in [-0.4, -0.2) is 39.1 Å². The van der Waals surface area contributed by atoms with Gasteiger partial charge in [-0.15, -0.1) is 24.1 Å². The minimum atomic E-state index is -1.80. The number of nitrogens with zero attached hydrogens (tertiary/aromatic N) is 3. The molecule has 1 heterocycles. The zero-order chi connectivity index (χ0) is 20.5. The highest BCUT2D eigenvalue weighted by Gasteiger charge is 2.27. The number of anilines is 1. The number of terminal acetylenes is 1. The van der Waals surface area contributed by atoms with E-state index in [4.69, 9.17) is 18.0 Å². The zero-order valence-electron chi connectivity index (χ0n) is 14.6. The van der Waals surface area contributed by atoms with Crippen molar-refractivity contribution in [3.63, 3.8) is 0 Å². The third-order valence-corrected chi connectivity index (χ3v) is 5.53. The first-order valence-electron chi connectivity index (χ1n) is 7.87. The summed E-state index contributed by atoms with van der Waals surface area (Å²) in [6.45, 7) is 3.52. The molecule has 1 unspecified atom stereocenters. The Bertz CT molecular complexity index is 925. The predicted molar refractivity (Wildman–Crippen MR) is 115 cm³/mol. The molecule has 2 rings (SSSR count). The predicted octanol–water partition coefficient (Wildman–Crippen LogP) is 3.57. The maximum Gasteiger partial charge on any atom is 0.272 e. The number of hydrogen-bond donors (Lipinski definition) is 1. The first-order valence-corrected chi connectivity index (χ1v) is 10.4. The fourth-order valence-electron chi connectivity index (χ4n) is 2.09. The molecule has 1 atom stereocenters. The minimum Gasteiger partial charge on any atom is -0.321 e. The number of allylic oxidation sites excluding steroid dienone is 1. The summed E-state index contributed by atoms with van der Waals surface area (Å²) >= 11 is 5.31. The molecule has 0 spiro atoms. The second-order valence-electron chi connectivity index (χ2n) is 5.26. The van der Waals surface area contributed by atoms with Crippen molar-refractivity contribution in [3.8, 4) is 12.3 Å². The number of rotatable bonds is 8. The molecule has 0 saturated heterocycles. The van der Waals surface area contributed by atoms with Crippen LogP contribution in [-0.2, 0) is 16.0 Å². The molecule has 0 radical (unpaired) electrons. The summed E-state index contributed by atoms with van der Waals surface area (Å²) in [6, 6.07) is 3.81. The van der Waals surface area contributed by atoms with Gasteiger partial charge in [0.1, 0.15) is 11.5 Å². The van der Waals surface area contributed by atoms with Crippen LogP contribution in [0.15, 0.2) is 51.0 Å². The maximum absolute atomic E-state index is 13.3. The molecule has 10 heteroatoms. The monoisotopic (exact) mass is 438 g/mol. The first kappa shape index (κ1) is 21.9. The largest absolute Gasteiger partial charge is 0.321 e. The molecular weight excluding hydrogens is 423 g/mol. The molecule has 28 heavy (non-hydrogen) atoms. The number of carbonyl (C=O) groups excluding carboxylic acids is 1. The number of nitrogens with one attached hydrogen (secondary N) is 1. The van der Waals surface area contributed by atoms with Crippen molar-refractivity contribution in [1.82, 2.24) is 4.31 Å². The smallest absolute Gasteiger partial charge is 0.272 e. The van der Waals surface area contributed by atoms with Crippen LogP contribution in [0.25, 0.3) is 0 Å². The van der Waals surface area contributed by atoms with Crippen LogP contribution in [0.3, 0.4) is 0 Å². The van der Waals surface area contributed by atoms with E-state index in [9.17, 15) is 13.4 Å². The molecule has 1 aliphatic rings. The van der Waals surface area contributed by atoms with Crippen molar-refractivity contribution in [2.75, 3.05) is 17.6 Å². The second-order valence-corrected chi connectivity index (χ2v) is 7.65. The summed E-state index contributed by atoms with van der Waals surface area (Å²) in [5, 5.41) is 4.20. The Morgan fingerprint density at radius 1 is 1.57 bits per heavy atom. The fourth-order valence-corrected chi connectivity index (χ4v) is 3.91. The summed E-state index contributed by atoms with van der Waals surface area (Å²) in [5.41, 5.74) is 0.917. The standard InChI is InChI=1S/C18H16ClFN4O2S2/c1-3-4-8-24-17(11-14(23-28(24)26)12-27-9-7-21-2)18(25)22-13-5-6-16(20)15(19)10-13/h1,5-7,9-11H,2,4,8,12H2,(H,22,25)/b9-7-. The summed E-state index contributed by atoms with van der Waals surface area (Å²) in [5.74, 6) is 1.71. The van der Waals surface area contributed by atoms with Gasteiger partial charge in [0.2, 0.25) is 11.2 Å². The maximum atomic E-state index is 13.3. The van der Waals surface area contributed by atoms with Crippen LogP contribution >= 0.6 is 23.4 Å². The number of carbonyl (C=O) groups is 1. The van der Waals surface area contributed by atoms with E-state index in [0.717, 1.165) is 6.07 Å². The van der Waals surface area contributed by atoms with Crippen LogP contribution in [0, 0.1) is 18.2 Å². The number of amides is 1. The Morgan fingerprint density at radius 2 is 2.36 bits per heavy atom. The molecule has 1 aromatic rings. The zero-order valence-corrected chi connectivity index (χ0v) is 17.0. The quantitative estimate of drug-likeness (QED) is 0.498. The van der Waals surface area contributed by atoms with Gasteiger partial charge in [-0.1, -0.05) is 11.6 Å². The Labute approximate surface area is 174 Å². The average Bonchev–Trinajstić information content (AvgIpc) is 2.67. The molecule has 1 aromatic carbocycles. The lowest BCUT2D eigenvalue weighted by Crippen LogP contribution is -2.36. The van der Waals surface area contributed by atoms with Gasteiger partial charge in [0.25, 0.3) is 5.91 Å². The molecular formula is C18H16ClFN4O2S2. The highest BCUT2D eigenvalue weighted by molar-refractivity contribution is 8.02. The van der Waals surface area contributed by atoms with E-state index in [1.807, 2.05) is 0 Å². The van der Waals surface area contributed by atoms with Gasteiger partial charge in [0, 0.05) is 30.6 Å². The average molecular weight is 439 g/mol. The van der Waals surface area contributed by atoms with E-state index in [-0.39, 0.29) is 23.7 Å². The van der Waals surface area contributed by atoms with Crippen molar-refractivity contribution in [1.29, 1.82) is 0 Å². The first-order chi connectivity index (χ1) is 13.5. The Kier molecular flexibility index (Phi) is 8.44. The summed E-state index contributed by atoms with van der Waals surface area (Å²) in [6.07, 6.45) is 8.62. The van der Waals surface area contributed by atoms with E-state index in [1.54, 1.807) is 11.5 Å². The minimum absolute atomic E-state index is 0.121. The van der Waals surface area contributed by atoms with Gasteiger partial charge in [-0.25, -0.2) is 8.60 Å². The van der Waals surface area contributed by atoms with Gasteiger partial charge in [0.05, 0.1) is 10.7 Å². The molecule has 0 aliphatic carbocycles. The van der Waals surface area contributed by atoms with E-state index in [2.05, 4.69) is 27.3 Å². The van der Waals surface area contributed by atoms with Gasteiger partial charge in [-0.2, -0.15) is 4.40 Å². The molecule has 6 nitrogen and oxygen atoms in total. The Morgan fingerprint density at radius 3 is 3.04 bits per heavy atom. The number of hydrogen-bond acceptors (Lipinski definition) is 4. The Balaban J connectivity index is 2.24. The van der Waals surface area contributed by atoms with Crippen LogP contribution in [0.5, 0.6) is 0 Å². The van der Waals surface area contributed by atoms with E-state index < -0.39 is 22.9 Å². The van der Waals surface area contributed by atoms with E-state index >= 15 is 0 Å². The van der Waals surface area contributed by atoms with Crippen LogP contribution in [0.2, 0.25) is 5.02 Å². The lowest BCUT2D eigenvalue weighted by atomic mass is 10.2. The molecule has 1 amide bonds. The van der Waals surface area contributed by atoms with Crippen LogP contribution in [0.4, 0.5) is 10.1 Å². The van der Waals surface area contributed by atoms with Crippen molar-refractivity contribution in [2.45, 2.75) is 6.42 Å². The van der Waals surface area contributed by atoms with Crippen molar-refractivity contribution in [3.05, 3.63) is 52.4 Å². The summed E-state index contributed by atoms with van der Waals surface area (Å²) in [7, 11) is 0. The van der Waals surface area contributed by atoms with Gasteiger partial charge >= 0.3 is 0 Å². The van der Waals surface area contributed by atoms with Gasteiger partial charge in [-0.3, -0.25) is 14.1 Å². The van der Waals surface area contributed by atoms with Crippen molar-refractivity contribution >= 4 is 58.6 Å². The molecule has 146 valence electrons.